The predicted molar refractivity (Wildman–Crippen MR) is 151 cm³/mol. The molecule has 4 aromatic rings. The number of hydrogen-bond acceptors (Lipinski definition) is 0. The van der Waals surface area contributed by atoms with Crippen LogP contribution in [-0.2, 0) is 0 Å². The summed E-state index contributed by atoms with van der Waals surface area (Å²) >= 11 is 0. The van der Waals surface area contributed by atoms with Crippen LogP contribution in [0.25, 0.3) is 23.5 Å². The molecule has 0 saturated heterocycles. The lowest BCUT2D eigenvalue weighted by atomic mass is 10.2. The van der Waals surface area contributed by atoms with Gasteiger partial charge in [0, 0.05) is 45.2 Å². The number of para-hydroxylation sites is 2. The Bertz CT molecular complexity index is 1380. The van der Waals surface area contributed by atoms with E-state index in [0.717, 1.165) is 0 Å². The van der Waals surface area contributed by atoms with E-state index in [0.29, 0.717) is 11.1 Å². The van der Waals surface area contributed by atoms with Crippen molar-refractivity contribution in [2.45, 2.75) is 51.9 Å². The molecule has 0 amide bonds. The maximum Gasteiger partial charge on any atom is 0.0760 e. The molecule has 0 bridgehead atoms. The van der Waals surface area contributed by atoms with Crippen molar-refractivity contribution >= 4 is 20.2 Å². The Morgan fingerprint density at radius 3 is 1.31 bits per heavy atom. The fourth-order valence-electron chi connectivity index (χ4n) is 7.16. The Labute approximate surface area is 210 Å². The number of allylic oxidation sites excluding steroid dienone is 2. The smallest absolute Gasteiger partial charge is 0.0760 e. The molecule has 3 heteroatoms. The molecule has 2 aromatic heterocycles. The van der Waals surface area contributed by atoms with Crippen molar-refractivity contribution in [2.75, 3.05) is 0 Å². The summed E-state index contributed by atoms with van der Waals surface area (Å²) in [5.74, 6) is 0. The average molecular weight is 475 g/mol. The summed E-state index contributed by atoms with van der Waals surface area (Å²) in [4.78, 5) is 0. The molecule has 2 aliphatic rings. The van der Waals surface area contributed by atoms with Gasteiger partial charge in [-0.25, -0.2) is 0 Å². The number of benzene rings is 2. The number of nitrogens with zero attached hydrogens (tertiary/aromatic N) is 2. The summed E-state index contributed by atoms with van der Waals surface area (Å²) in [6.45, 7) is 14.5. The third-order valence-electron chi connectivity index (χ3n) is 8.25. The Kier molecular flexibility index (Phi) is 4.98. The molecule has 0 radical (unpaired) electrons. The lowest BCUT2D eigenvalue weighted by molar-refractivity contribution is 0.838. The monoisotopic (exact) mass is 474 g/mol. The second kappa shape index (κ2) is 7.86. The molecule has 2 aliphatic carbocycles. The molecular weight excluding hydrogens is 440 g/mol. The van der Waals surface area contributed by atoms with E-state index in [4.69, 9.17) is 0 Å². The quantitative estimate of drug-likeness (QED) is 0.263. The first-order chi connectivity index (χ1) is 16.8. The van der Waals surface area contributed by atoms with Crippen LogP contribution in [0.2, 0.25) is 13.1 Å². The average Bonchev–Trinajstić information content (AvgIpc) is 3.50. The van der Waals surface area contributed by atoms with Gasteiger partial charge in [0.2, 0.25) is 0 Å². The van der Waals surface area contributed by atoms with E-state index in [-0.39, 0.29) is 0 Å². The first-order valence-electron chi connectivity index (χ1n) is 12.7. The summed E-state index contributed by atoms with van der Waals surface area (Å²) in [6, 6.07) is 26.6. The Hall–Kier alpha value is -3.30. The van der Waals surface area contributed by atoms with E-state index in [1.165, 1.54) is 56.4 Å². The zero-order valence-electron chi connectivity index (χ0n) is 21.6. The van der Waals surface area contributed by atoms with Gasteiger partial charge >= 0.3 is 0 Å². The van der Waals surface area contributed by atoms with Crippen LogP contribution in [0, 0.1) is 13.8 Å². The summed E-state index contributed by atoms with van der Waals surface area (Å²) in [6.07, 6.45) is 4.91. The topological polar surface area (TPSA) is 9.86 Å². The minimum absolute atomic E-state index is 0.463. The van der Waals surface area contributed by atoms with Gasteiger partial charge in [-0.15, -0.1) is 0 Å². The standard InChI is InChI=1S/C32H34N2Si/c1-21-17-25-19-23(3)33(27-13-9-7-10-14-27)29(25)31(21)35(5,6)32-22(2)18-26-20-24(4)34(30(26)32)28-15-11-8-12-16-28/h7-20,31-32H,1-6H3. The van der Waals surface area contributed by atoms with Crippen LogP contribution < -0.4 is 0 Å². The van der Waals surface area contributed by atoms with E-state index >= 15 is 0 Å². The van der Waals surface area contributed by atoms with Gasteiger partial charge in [0.15, 0.2) is 0 Å². The summed E-state index contributed by atoms with van der Waals surface area (Å²) < 4.78 is 5.05. The first-order valence-corrected chi connectivity index (χ1v) is 15.9. The van der Waals surface area contributed by atoms with E-state index in [1.807, 2.05) is 0 Å². The highest BCUT2D eigenvalue weighted by molar-refractivity contribution is 6.81. The van der Waals surface area contributed by atoms with E-state index < -0.39 is 8.07 Å². The van der Waals surface area contributed by atoms with Crippen LogP contribution in [0.4, 0.5) is 0 Å². The molecule has 0 saturated carbocycles. The van der Waals surface area contributed by atoms with Crippen molar-refractivity contribution < 1.29 is 0 Å². The van der Waals surface area contributed by atoms with Gasteiger partial charge in [-0.1, -0.05) is 72.8 Å². The van der Waals surface area contributed by atoms with Crippen molar-refractivity contribution in [3.05, 3.63) is 118 Å². The summed E-state index contributed by atoms with van der Waals surface area (Å²) in [7, 11) is -1.95. The number of rotatable bonds is 4. The number of fused-ring (bicyclic) bond motifs is 2. The maximum atomic E-state index is 2.62. The molecule has 0 fully saturated rings. The van der Waals surface area contributed by atoms with Crippen molar-refractivity contribution in [3.63, 3.8) is 0 Å². The van der Waals surface area contributed by atoms with Crippen LogP contribution in [0.3, 0.4) is 0 Å². The van der Waals surface area contributed by atoms with Gasteiger partial charge in [0.05, 0.1) is 8.07 Å². The van der Waals surface area contributed by atoms with Crippen molar-refractivity contribution in [3.8, 4) is 11.4 Å². The molecule has 2 atom stereocenters. The van der Waals surface area contributed by atoms with Crippen LogP contribution >= 0.6 is 0 Å². The van der Waals surface area contributed by atoms with E-state index in [2.05, 4.69) is 135 Å². The fraction of sp³-hybridized carbons (Fsp3) is 0.250. The summed E-state index contributed by atoms with van der Waals surface area (Å²) in [5.41, 5.74) is 15.0. The van der Waals surface area contributed by atoms with E-state index in [9.17, 15) is 0 Å². The molecule has 0 aliphatic heterocycles. The Balaban J connectivity index is 1.53. The molecule has 6 rings (SSSR count). The van der Waals surface area contributed by atoms with Crippen LogP contribution in [0.15, 0.2) is 83.9 Å². The van der Waals surface area contributed by atoms with Gasteiger partial charge < -0.3 is 9.13 Å². The molecular formula is C32H34N2Si. The SMILES string of the molecule is CC1=Cc2cc(C)n(-c3ccccc3)c2C1[Si](C)(C)C1C(C)=Cc2cc(C)n(-c3ccccc3)c21. The molecule has 35 heavy (non-hydrogen) atoms. The Morgan fingerprint density at radius 1 is 0.571 bits per heavy atom. The van der Waals surface area contributed by atoms with Crippen molar-refractivity contribution in [1.29, 1.82) is 0 Å². The maximum absolute atomic E-state index is 2.62. The minimum atomic E-state index is -1.95. The van der Waals surface area contributed by atoms with Gasteiger partial charge in [-0.2, -0.15) is 0 Å². The molecule has 176 valence electrons. The minimum Gasteiger partial charge on any atom is -0.317 e. The van der Waals surface area contributed by atoms with Gasteiger partial charge in [0.25, 0.3) is 0 Å². The highest BCUT2D eigenvalue weighted by Gasteiger charge is 2.49. The normalized spacial score (nSPS) is 18.9. The summed E-state index contributed by atoms with van der Waals surface area (Å²) in [5, 5.41) is 0. The van der Waals surface area contributed by atoms with Crippen LogP contribution in [0.1, 0.15) is 58.8 Å². The zero-order valence-corrected chi connectivity index (χ0v) is 22.6. The third kappa shape index (κ3) is 3.21. The largest absolute Gasteiger partial charge is 0.317 e. The molecule has 2 nitrogen and oxygen atoms in total. The highest BCUT2D eigenvalue weighted by atomic mass is 28.3. The lowest BCUT2D eigenvalue weighted by Gasteiger charge is -2.39. The number of aromatic nitrogens is 2. The van der Waals surface area contributed by atoms with E-state index in [1.54, 1.807) is 0 Å². The van der Waals surface area contributed by atoms with Gasteiger partial charge in [-0.3, -0.25) is 0 Å². The van der Waals surface area contributed by atoms with Gasteiger partial charge in [-0.05, 0) is 75.2 Å². The second-order valence-corrected chi connectivity index (χ2v) is 15.9. The van der Waals surface area contributed by atoms with Crippen LogP contribution in [-0.4, -0.2) is 17.2 Å². The van der Waals surface area contributed by atoms with Crippen LogP contribution in [0.5, 0.6) is 0 Å². The predicted octanol–water partition coefficient (Wildman–Crippen LogP) is 8.37. The number of aryl methyl sites for hydroxylation is 2. The molecule has 2 unspecified atom stereocenters. The highest BCUT2D eigenvalue weighted by Crippen LogP contribution is 2.53. The molecule has 2 aromatic carbocycles. The molecule has 0 N–H and O–H groups in total. The molecule has 2 heterocycles. The lowest BCUT2D eigenvalue weighted by Crippen LogP contribution is -2.43. The zero-order chi connectivity index (χ0) is 24.5. The third-order valence-corrected chi connectivity index (χ3v) is 12.7. The number of hydrogen-bond donors (Lipinski definition) is 0. The Morgan fingerprint density at radius 2 is 0.943 bits per heavy atom. The van der Waals surface area contributed by atoms with Crippen molar-refractivity contribution in [1.82, 2.24) is 9.13 Å². The fourth-order valence-corrected chi connectivity index (χ4v) is 12.0. The van der Waals surface area contributed by atoms with Gasteiger partial charge in [0.1, 0.15) is 0 Å². The van der Waals surface area contributed by atoms with Crippen molar-refractivity contribution in [2.24, 2.45) is 0 Å². The first kappa shape index (κ1) is 22.2. The molecule has 0 spiro atoms. The second-order valence-electron chi connectivity index (χ2n) is 11.1.